The molecule has 2 rings (SSSR count). The highest BCUT2D eigenvalue weighted by molar-refractivity contribution is 7.89. The van der Waals surface area contributed by atoms with Gasteiger partial charge in [-0.1, -0.05) is 19.9 Å². The van der Waals surface area contributed by atoms with E-state index in [0.29, 0.717) is 18.2 Å². The summed E-state index contributed by atoms with van der Waals surface area (Å²) in [6.45, 7) is 6.59. The van der Waals surface area contributed by atoms with E-state index in [1.165, 1.54) is 7.11 Å². The molecule has 0 saturated carbocycles. The summed E-state index contributed by atoms with van der Waals surface area (Å²) in [5.41, 5.74) is 0.989. The van der Waals surface area contributed by atoms with Crippen molar-refractivity contribution in [2.45, 2.75) is 37.5 Å². The Balaban J connectivity index is 2.16. The van der Waals surface area contributed by atoms with Crippen molar-refractivity contribution in [3.05, 3.63) is 23.8 Å². The maximum absolute atomic E-state index is 12.7. The zero-order valence-electron chi connectivity index (χ0n) is 14.5. The Morgan fingerprint density at radius 3 is 2.74 bits per heavy atom. The number of methoxy groups -OCH3 is 1. The number of likely N-dealkylation sites (tertiary alicyclic amines) is 1. The lowest BCUT2D eigenvalue weighted by atomic mass is 9.99. The lowest BCUT2D eigenvalue weighted by Gasteiger charge is -2.29. The van der Waals surface area contributed by atoms with Gasteiger partial charge in [-0.2, -0.15) is 0 Å². The highest BCUT2D eigenvalue weighted by atomic mass is 32.2. The minimum Gasteiger partial charge on any atom is -0.495 e. The molecule has 1 atom stereocenters. The molecule has 1 saturated heterocycles. The first-order chi connectivity index (χ1) is 10.8. The monoisotopic (exact) mass is 340 g/mol. The van der Waals surface area contributed by atoms with Crippen molar-refractivity contribution in [3.63, 3.8) is 0 Å². The van der Waals surface area contributed by atoms with E-state index in [0.717, 1.165) is 31.5 Å². The Morgan fingerprint density at radius 1 is 1.39 bits per heavy atom. The highest BCUT2D eigenvalue weighted by Gasteiger charge is 2.24. The summed E-state index contributed by atoms with van der Waals surface area (Å²) in [5.74, 6) is 1.02. The van der Waals surface area contributed by atoms with Gasteiger partial charge in [-0.15, -0.1) is 0 Å². The molecule has 1 N–H and O–H groups in total. The molecule has 0 bridgehead atoms. The van der Waals surface area contributed by atoms with Crippen molar-refractivity contribution in [3.8, 4) is 5.75 Å². The van der Waals surface area contributed by atoms with E-state index < -0.39 is 10.0 Å². The van der Waals surface area contributed by atoms with Gasteiger partial charge in [-0.3, -0.25) is 0 Å². The van der Waals surface area contributed by atoms with Crippen molar-refractivity contribution >= 4 is 10.0 Å². The van der Waals surface area contributed by atoms with Crippen LogP contribution in [0.25, 0.3) is 0 Å². The van der Waals surface area contributed by atoms with Crippen LogP contribution in [0.2, 0.25) is 0 Å². The van der Waals surface area contributed by atoms with Gasteiger partial charge in [-0.25, -0.2) is 13.1 Å². The van der Waals surface area contributed by atoms with Crippen LogP contribution < -0.4 is 9.46 Å². The summed E-state index contributed by atoms with van der Waals surface area (Å²) in [4.78, 5) is 2.48. The summed E-state index contributed by atoms with van der Waals surface area (Å²) in [5, 5.41) is 0. The van der Waals surface area contributed by atoms with Crippen LogP contribution >= 0.6 is 0 Å². The van der Waals surface area contributed by atoms with E-state index in [1.54, 1.807) is 12.1 Å². The largest absolute Gasteiger partial charge is 0.495 e. The second-order valence-electron chi connectivity index (χ2n) is 6.69. The van der Waals surface area contributed by atoms with E-state index in [4.69, 9.17) is 4.74 Å². The molecule has 0 radical (unpaired) electrons. The van der Waals surface area contributed by atoms with Crippen molar-refractivity contribution in [1.82, 2.24) is 9.62 Å². The fourth-order valence-electron chi connectivity index (χ4n) is 3.01. The Labute approximate surface area is 140 Å². The molecule has 1 unspecified atom stereocenters. The molecule has 0 spiro atoms. The minimum absolute atomic E-state index is 0.232. The Bertz CT molecular complexity index is 629. The number of nitrogens with zero attached hydrogens (tertiary/aromatic N) is 1. The van der Waals surface area contributed by atoms with Gasteiger partial charge in [0.15, 0.2) is 0 Å². The highest BCUT2D eigenvalue weighted by Crippen LogP contribution is 2.28. The summed E-state index contributed by atoms with van der Waals surface area (Å²) in [6, 6.07) is 5.37. The fourth-order valence-corrected chi connectivity index (χ4v) is 4.33. The normalized spacial score (nSPS) is 20.0. The van der Waals surface area contributed by atoms with Crippen molar-refractivity contribution < 1.29 is 13.2 Å². The van der Waals surface area contributed by atoms with Gasteiger partial charge >= 0.3 is 0 Å². The number of hydrogen-bond acceptors (Lipinski definition) is 4. The van der Waals surface area contributed by atoms with Gasteiger partial charge in [0.25, 0.3) is 0 Å². The smallest absolute Gasteiger partial charge is 0.244 e. The first kappa shape index (κ1) is 18.2. The average molecular weight is 340 g/mol. The zero-order chi connectivity index (χ0) is 17.0. The molecule has 6 heteroatoms. The molecule has 23 heavy (non-hydrogen) atoms. The Kier molecular flexibility index (Phi) is 6.06. The molecule has 0 aliphatic carbocycles. The van der Waals surface area contributed by atoms with Crippen LogP contribution in [0.1, 0.15) is 38.2 Å². The second kappa shape index (κ2) is 7.64. The minimum atomic E-state index is -3.57. The van der Waals surface area contributed by atoms with Gasteiger partial charge < -0.3 is 9.64 Å². The molecule has 1 heterocycles. The predicted molar refractivity (Wildman–Crippen MR) is 92.5 cm³/mol. The second-order valence-corrected chi connectivity index (χ2v) is 8.42. The van der Waals surface area contributed by atoms with E-state index in [2.05, 4.69) is 16.7 Å². The van der Waals surface area contributed by atoms with Gasteiger partial charge in [-0.05, 0) is 56.0 Å². The number of sulfonamides is 1. The summed E-state index contributed by atoms with van der Waals surface area (Å²) < 4.78 is 33.4. The SMILES string of the molecule is COc1ccc(C(C)C)cc1S(=O)(=O)NCC1CCCN(C)C1. The van der Waals surface area contributed by atoms with E-state index in [1.807, 2.05) is 19.9 Å². The molecular formula is C17H28N2O3S. The van der Waals surface area contributed by atoms with Crippen LogP contribution in [-0.4, -0.2) is 47.1 Å². The molecule has 0 amide bonds. The van der Waals surface area contributed by atoms with Crippen molar-refractivity contribution in [1.29, 1.82) is 0 Å². The number of nitrogens with one attached hydrogen (secondary N) is 1. The first-order valence-corrected chi connectivity index (χ1v) is 9.68. The van der Waals surface area contributed by atoms with Crippen molar-refractivity contribution in [2.24, 2.45) is 5.92 Å². The first-order valence-electron chi connectivity index (χ1n) is 8.19. The number of benzene rings is 1. The number of rotatable bonds is 6. The Hall–Kier alpha value is -1.11. The maximum Gasteiger partial charge on any atom is 0.244 e. The van der Waals surface area contributed by atoms with E-state index in [-0.39, 0.29) is 10.8 Å². The standard InChI is InChI=1S/C17H28N2O3S/c1-13(2)15-7-8-16(22-4)17(10-15)23(20,21)18-11-14-6-5-9-19(3)12-14/h7-8,10,13-14,18H,5-6,9,11-12H2,1-4H3. The molecule has 5 nitrogen and oxygen atoms in total. The third kappa shape index (κ3) is 4.68. The average Bonchev–Trinajstić information content (AvgIpc) is 2.52. The van der Waals surface area contributed by atoms with Gasteiger partial charge in [0, 0.05) is 13.1 Å². The third-order valence-corrected chi connectivity index (χ3v) is 5.87. The zero-order valence-corrected chi connectivity index (χ0v) is 15.3. The molecular weight excluding hydrogens is 312 g/mol. The van der Waals surface area contributed by atoms with Gasteiger partial charge in [0.2, 0.25) is 10.0 Å². The number of ether oxygens (including phenoxy) is 1. The van der Waals surface area contributed by atoms with Crippen LogP contribution in [0.3, 0.4) is 0 Å². The van der Waals surface area contributed by atoms with Crippen LogP contribution in [0.4, 0.5) is 0 Å². The molecule has 130 valence electrons. The fraction of sp³-hybridized carbons (Fsp3) is 0.647. The van der Waals surface area contributed by atoms with Crippen LogP contribution in [0.15, 0.2) is 23.1 Å². The summed E-state index contributed by atoms with van der Waals surface area (Å²) in [6.07, 6.45) is 2.19. The van der Waals surface area contributed by atoms with Crippen LogP contribution in [0.5, 0.6) is 5.75 Å². The summed E-state index contributed by atoms with van der Waals surface area (Å²) >= 11 is 0. The maximum atomic E-state index is 12.7. The Morgan fingerprint density at radius 2 is 2.13 bits per heavy atom. The predicted octanol–water partition coefficient (Wildman–Crippen LogP) is 2.44. The van der Waals surface area contributed by atoms with Gasteiger partial charge in [0.1, 0.15) is 10.6 Å². The van der Waals surface area contributed by atoms with Crippen LogP contribution in [0, 0.1) is 5.92 Å². The topological polar surface area (TPSA) is 58.6 Å². The third-order valence-electron chi connectivity index (χ3n) is 4.43. The molecule has 1 aromatic rings. The van der Waals surface area contributed by atoms with Crippen LogP contribution in [-0.2, 0) is 10.0 Å². The van der Waals surface area contributed by atoms with E-state index >= 15 is 0 Å². The lowest BCUT2D eigenvalue weighted by molar-refractivity contribution is 0.211. The number of piperidine rings is 1. The summed E-state index contributed by atoms with van der Waals surface area (Å²) in [7, 11) is 0.00923. The van der Waals surface area contributed by atoms with E-state index in [9.17, 15) is 8.42 Å². The quantitative estimate of drug-likeness (QED) is 0.864. The van der Waals surface area contributed by atoms with Gasteiger partial charge in [0.05, 0.1) is 7.11 Å². The number of hydrogen-bond donors (Lipinski definition) is 1. The molecule has 1 fully saturated rings. The van der Waals surface area contributed by atoms with Crippen molar-refractivity contribution in [2.75, 3.05) is 33.8 Å². The molecule has 1 aliphatic heterocycles. The molecule has 1 aliphatic rings. The lowest BCUT2D eigenvalue weighted by Crippen LogP contribution is -2.39. The molecule has 0 aromatic heterocycles. The molecule has 1 aromatic carbocycles.